The van der Waals surface area contributed by atoms with E-state index in [0.29, 0.717) is 5.56 Å². The first-order valence-electron chi connectivity index (χ1n) is 6.58. The number of rotatable bonds is 6. The van der Waals surface area contributed by atoms with Crippen molar-refractivity contribution in [3.05, 3.63) is 59.7 Å². The number of benzene rings is 2. The van der Waals surface area contributed by atoms with Gasteiger partial charge in [0.25, 0.3) is 0 Å². The number of anilines is 1. The Labute approximate surface area is 122 Å². The van der Waals surface area contributed by atoms with E-state index in [2.05, 4.69) is 10.1 Å². The van der Waals surface area contributed by atoms with Crippen molar-refractivity contribution in [2.45, 2.75) is 19.6 Å². The lowest BCUT2D eigenvalue weighted by Crippen LogP contribution is -2.17. The molecule has 3 nitrogen and oxygen atoms in total. The van der Waals surface area contributed by atoms with Crippen LogP contribution < -0.4 is 10.1 Å². The molecule has 0 fully saturated rings. The van der Waals surface area contributed by atoms with Gasteiger partial charge in [-0.25, -0.2) is 0 Å². The number of aliphatic hydroxyl groups excluding tert-OH is 1. The third kappa shape index (κ3) is 4.16. The highest BCUT2D eigenvalue weighted by Gasteiger charge is 2.17. The average molecular weight is 293 g/mol. The van der Waals surface area contributed by atoms with Crippen LogP contribution in [0.1, 0.15) is 17.2 Å². The number of alkyl halides is 2. The minimum absolute atomic E-state index is 0.0613. The van der Waals surface area contributed by atoms with E-state index in [-0.39, 0.29) is 12.4 Å². The van der Waals surface area contributed by atoms with E-state index < -0.39 is 12.7 Å². The second kappa shape index (κ2) is 7.04. The number of nitrogens with one attached hydrogen (secondary N) is 1. The molecule has 1 atom stereocenters. The van der Waals surface area contributed by atoms with E-state index in [1.165, 1.54) is 6.07 Å². The van der Waals surface area contributed by atoms with Gasteiger partial charge >= 0.3 is 6.61 Å². The van der Waals surface area contributed by atoms with Gasteiger partial charge in [0.2, 0.25) is 0 Å². The topological polar surface area (TPSA) is 41.5 Å². The number of hydrogen-bond acceptors (Lipinski definition) is 3. The summed E-state index contributed by atoms with van der Waals surface area (Å²) in [7, 11) is 0. The molecule has 0 heterocycles. The van der Waals surface area contributed by atoms with Crippen molar-refractivity contribution in [1.82, 2.24) is 0 Å². The minimum Gasteiger partial charge on any atom is -0.434 e. The van der Waals surface area contributed by atoms with E-state index in [1.807, 2.05) is 31.2 Å². The molecule has 2 N–H and O–H groups in total. The molecule has 0 bridgehead atoms. The Kier molecular flexibility index (Phi) is 5.11. The Morgan fingerprint density at radius 2 is 1.76 bits per heavy atom. The number of ether oxygens (including phenoxy) is 1. The van der Waals surface area contributed by atoms with Crippen LogP contribution in [0, 0.1) is 6.92 Å². The molecule has 5 heteroatoms. The van der Waals surface area contributed by atoms with Gasteiger partial charge in [0, 0.05) is 11.3 Å². The maximum absolute atomic E-state index is 12.4. The lowest BCUT2D eigenvalue weighted by atomic mass is 10.1. The van der Waals surface area contributed by atoms with Crippen LogP contribution in [-0.2, 0) is 0 Å². The normalized spacial score (nSPS) is 12.2. The van der Waals surface area contributed by atoms with E-state index in [9.17, 15) is 13.9 Å². The van der Waals surface area contributed by atoms with Gasteiger partial charge < -0.3 is 15.2 Å². The van der Waals surface area contributed by atoms with Gasteiger partial charge in [0.05, 0.1) is 12.6 Å². The van der Waals surface area contributed by atoms with Gasteiger partial charge in [-0.05, 0) is 25.1 Å². The van der Waals surface area contributed by atoms with Crippen molar-refractivity contribution in [3.8, 4) is 5.75 Å². The van der Waals surface area contributed by atoms with Crippen molar-refractivity contribution in [3.63, 3.8) is 0 Å². The van der Waals surface area contributed by atoms with Crippen LogP contribution in [0.5, 0.6) is 5.75 Å². The van der Waals surface area contributed by atoms with Crippen LogP contribution in [0.3, 0.4) is 0 Å². The minimum atomic E-state index is -2.90. The maximum atomic E-state index is 12.4. The average Bonchev–Trinajstić information content (AvgIpc) is 2.47. The van der Waals surface area contributed by atoms with E-state index in [4.69, 9.17) is 0 Å². The van der Waals surface area contributed by atoms with Gasteiger partial charge in [-0.15, -0.1) is 0 Å². The van der Waals surface area contributed by atoms with Crippen molar-refractivity contribution in [2.24, 2.45) is 0 Å². The summed E-state index contributed by atoms with van der Waals surface area (Å²) in [4.78, 5) is 0. The molecule has 0 aliphatic carbocycles. The number of para-hydroxylation sites is 1. The summed E-state index contributed by atoms with van der Waals surface area (Å²) in [5.74, 6) is 0.0613. The number of halogens is 2. The second-order valence-corrected chi connectivity index (χ2v) is 4.66. The molecular formula is C16H17F2NO2. The van der Waals surface area contributed by atoms with Crippen LogP contribution in [0.4, 0.5) is 14.5 Å². The number of hydrogen-bond donors (Lipinski definition) is 2. The molecule has 1 unspecified atom stereocenters. The maximum Gasteiger partial charge on any atom is 0.387 e. The van der Waals surface area contributed by atoms with Crippen LogP contribution in [-0.4, -0.2) is 18.3 Å². The van der Waals surface area contributed by atoms with E-state index in [0.717, 1.165) is 11.3 Å². The van der Waals surface area contributed by atoms with Gasteiger partial charge in [-0.3, -0.25) is 0 Å². The van der Waals surface area contributed by atoms with Crippen LogP contribution in [0.15, 0.2) is 48.5 Å². The number of aliphatic hydroxyl groups is 1. The zero-order valence-electron chi connectivity index (χ0n) is 11.6. The Hall–Kier alpha value is -2.14. The van der Waals surface area contributed by atoms with Crippen LogP contribution >= 0.6 is 0 Å². The fourth-order valence-corrected chi connectivity index (χ4v) is 2.04. The Balaban J connectivity index is 2.22. The highest BCUT2D eigenvalue weighted by atomic mass is 19.3. The first kappa shape index (κ1) is 15.3. The zero-order chi connectivity index (χ0) is 15.2. The Morgan fingerprint density at radius 3 is 2.38 bits per heavy atom. The van der Waals surface area contributed by atoms with Crippen molar-refractivity contribution < 1.29 is 18.6 Å². The predicted molar refractivity (Wildman–Crippen MR) is 77.7 cm³/mol. The predicted octanol–water partition coefficient (Wildman–Crippen LogP) is 3.74. The highest BCUT2D eigenvalue weighted by molar-refractivity contribution is 5.48. The molecule has 2 rings (SSSR count). The molecule has 0 spiro atoms. The molecule has 0 radical (unpaired) electrons. The first-order valence-corrected chi connectivity index (χ1v) is 6.58. The van der Waals surface area contributed by atoms with Crippen molar-refractivity contribution in [1.29, 1.82) is 0 Å². The lowest BCUT2D eigenvalue weighted by molar-refractivity contribution is -0.0507. The molecule has 2 aromatic carbocycles. The van der Waals surface area contributed by atoms with Crippen LogP contribution in [0.2, 0.25) is 0 Å². The number of aryl methyl sites for hydroxylation is 1. The molecule has 2 aromatic rings. The summed E-state index contributed by atoms with van der Waals surface area (Å²) >= 11 is 0. The zero-order valence-corrected chi connectivity index (χ0v) is 11.6. The monoisotopic (exact) mass is 293 g/mol. The molecular weight excluding hydrogens is 276 g/mol. The lowest BCUT2D eigenvalue weighted by Gasteiger charge is -2.21. The molecule has 0 amide bonds. The summed E-state index contributed by atoms with van der Waals surface area (Å²) in [6, 6.07) is 13.5. The molecule has 0 aromatic heterocycles. The SMILES string of the molecule is Cc1ccc(NC(CO)c2ccccc2OC(F)F)cc1. The summed E-state index contributed by atoms with van der Waals surface area (Å²) in [6.07, 6.45) is 0. The van der Waals surface area contributed by atoms with Gasteiger partial charge in [0.15, 0.2) is 0 Å². The van der Waals surface area contributed by atoms with Crippen LogP contribution in [0.25, 0.3) is 0 Å². The Morgan fingerprint density at radius 1 is 1.10 bits per heavy atom. The molecule has 0 saturated heterocycles. The van der Waals surface area contributed by atoms with E-state index >= 15 is 0 Å². The fraction of sp³-hybridized carbons (Fsp3) is 0.250. The van der Waals surface area contributed by atoms with E-state index in [1.54, 1.807) is 18.2 Å². The van der Waals surface area contributed by atoms with Gasteiger partial charge in [-0.1, -0.05) is 35.9 Å². The Bertz CT molecular complexity index is 573. The largest absolute Gasteiger partial charge is 0.434 e. The smallest absolute Gasteiger partial charge is 0.387 e. The summed E-state index contributed by atoms with van der Waals surface area (Å²) in [6.45, 7) is -1.17. The fourth-order valence-electron chi connectivity index (χ4n) is 2.04. The molecule has 21 heavy (non-hydrogen) atoms. The highest BCUT2D eigenvalue weighted by Crippen LogP contribution is 2.29. The molecule has 0 saturated carbocycles. The molecule has 112 valence electrons. The second-order valence-electron chi connectivity index (χ2n) is 4.66. The first-order chi connectivity index (χ1) is 10.1. The summed E-state index contributed by atoms with van der Waals surface area (Å²) < 4.78 is 29.4. The van der Waals surface area contributed by atoms with Crippen molar-refractivity contribution in [2.75, 3.05) is 11.9 Å². The third-order valence-corrected chi connectivity index (χ3v) is 3.09. The quantitative estimate of drug-likeness (QED) is 0.852. The van der Waals surface area contributed by atoms with Gasteiger partial charge in [0.1, 0.15) is 5.75 Å². The summed E-state index contributed by atoms with van der Waals surface area (Å²) in [5, 5.41) is 12.7. The van der Waals surface area contributed by atoms with Gasteiger partial charge in [-0.2, -0.15) is 8.78 Å². The summed E-state index contributed by atoms with van der Waals surface area (Å²) in [5.41, 5.74) is 2.40. The van der Waals surface area contributed by atoms with Crippen molar-refractivity contribution >= 4 is 5.69 Å². The molecule has 0 aliphatic rings. The standard InChI is InChI=1S/C16H17F2NO2/c1-11-6-8-12(9-7-11)19-14(10-20)13-4-2-3-5-15(13)21-16(17)18/h2-9,14,16,19-20H,10H2,1H3. The molecule has 0 aliphatic heterocycles. The third-order valence-electron chi connectivity index (χ3n) is 3.09.